The fraction of sp³-hybridized carbons (Fsp3) is 0.222. The lowest BCUT2D eigenvalue weighted by Gasteiger charge is -2.11. The van der Waals surface area contributed by atoms with Gasteiger partial charge in [-0.1, -0.05) is 12.1 Å². The Hall–Kier alpha value is -3.22. The third kappa shape index (κ3) is 3.50. The SMILES string of the molecule is COc1ccc(CNC(=O)Cn2c(=O)oc3ccccc32)c(OC)c1. The van der Waals surface area contributed by atoms with Gasteiger partial charge in [-0.05, 0) is 24.3 Å². The van der Waals surface area contributed by atoms with Gasteiger partial charge in [0.2, 0.25) is 5.91 Å². The summed E-state index contributed by atoms with van der Waals surface area (Å²) in [6, 6.07) is 12.3. The van der Waals surface area contributed by atoms with Crippen molar-refractivity contribution in [2.24, 2.45) is 0 Å². The highest BCUT2D eigenvalue weighted by Gasteiger charge is 2.13. The molecule has 0 unspecified atom stereocenters. The van der Waals surface area contributed by atoms with E-state index in [1.54, 1.807) is 50.6 Å². The Labute approximate surface area is 143 Å². The second kappa shape index (κ2) is 7.12. The van der Waals surface area contributed by atoms with Gasteiger partial charge >= 0.3 is 5.76 Å². The molecule has 1 aromatic heterocycles. The molecular formula is C18H18N2O5. The fourth-order valence-electron chi connectivity index (χ4n) is 2.55. The number of amides is 1. The normalized spacial score (nSPS) is 10.6. The average molecular weight is 342 g/mol. The van der Waals surface area contributed by atoms with Crippen molar-refractivity contribution in [3.63, 3.8) is 0 Å². The van der Waals surface area contributed by atoms with Crippen LogP contribution in [0.2, 0.25) is 0 Å². The number of nitrogens with one attached hydrogen (secondary N) is 1. The lowest BCUT2D eigenvalue weighted by molar-refractivity contribution is -0.121. The predicted molar refractivity (Wildman–Crippen MR) is 91.9 cm³/mol. The first-order chi connectivity index (χ1) is 12.1. The third-order valence-electron chi connectivity index (χ3n) is 3.85. The van der Waals surface area contributed by atoms with Crippen LogP contribution < -0.4 is 20.5 Å². The molecule has 1 heterocycles. The van der Waals surface area contributed by atoms with Crippen LogP contribution >= 0.6 is 0 Å². The van der Waals surface area contributed by atoms with Crippen molar-refractivity contribution in [1.29, 1.82) is 0 Å². The standard InChI is InChI=1S/C18H18N2O5/c1-23-13-8-7-12(16(9-13)24-2)10-19-17(21)11-20-14-5-3-4-6-15(14)25-18(20)22/h3-9H,10-11H2,1-2H3,(H,19,21). The molecule has 3 rings (SSSR count). The number of methoxy groups -OCH3 is 2. The molecule has 0 saturated heterocycles. The Bertz CT molecular complexity index is 957. The van der Waals surface area contributed by atoms with E-state index in [1.165, 1.54) is 4.57 Å². The number of aromatic nitrogens is 1. The highest BCUT2D eigenvalue weighted by atomic mass is 16.5. The molecule has 0 aliphatic heterocycles. The number of benzene rings is 2. The minimum Gasteiger partial charge on any atom is -0.497 e. The number of nitrogens with zero attached hydrogens (tertiary/aromatic N) is 1. The summed E-state index contributed by atoms with van der Waals surface area (Å²) in [7, 11) is 3.13. The molecule has 0 atom stereocenters. The van der Waals surface area contributed by atoms with E-state index in [0.29, 0.717) is 22.6 Å². The van der Waals surface area contributed by atoms with Gasteiger partial charge in [-0.15, -0.1) is 0 Å². The third-order valence-corrected chi connectivity index (χ3v) is 3.85. The van der Waals surface area contributed by atoms with E-state index in [4.69, 9.17) is 13.9 Å². The zero-order chi connectivity index (χ0) is 17.8. The van der Waals surface area contributed by atoms with Crippen molar-refractivity contribution in [3.8, 4) is 11.5 Å². The van der Waals surface area contributed by atoms with Gasteiger partial charge in [0.1, 0.15) is 18.0 Å². The number of ether oxygens (including phenoxy) is 2. The maximum atomic E-state index is 12.2. The monoisotopic (exact) mass is 342 g/mol. The van der Waals surface area contributed by atoms with E-state index >= 15 is 0 Å². The number of carbonyl (C=O) groups excluding carboxylic acids is 1. The Balaban J connectivity index is 1.71. The average Bonchev–Trinajstić information content (AvgIpc) is 2.95. The van der Waals surface area contributed by atoms with Gasteiger partial charge in [0.15, 0.2) is 5.58 Å². The lowest BCUT2D eigenvalue weighted by Crippen LogP contribution is -2.30. The smallest absolute Gasteiger partial charge is 0.420 e. The maximum Gasteiger partial charge on any atom is 0.420 e. The van der Waals surface area contributed by atoms with E-state index in [0.717, 1.165) is 5.56 Å². The number of para-hydroxylation sites is 2. The van der Waals surface area contributed by atoms with Crippen molar-refractivity contribution >= 4 is 17.0 Å². The summed E-state index contributed by atoms with van der Waals surface area (Å²) in [5.74, 6) is 0.429. The Morgan fingerprint density at radius 1 is 1.16 bits per heavy atom. The van der Waals surface area contributed by atoms with Crippen molar-refractivity contribution in [2.45, 2.75) is 13.1 Å². The maximum absolute atomic E-state index is 12.2. The second-order valence-electron chi connectivity index (χ2n) is 5.38. The highest BCUT2D eigenvalue weighted by Crippen LogP contribution is 2.24. The first kappa shape index (κ1) is 16.6. The summed E-state index contributed by atoms with van der Waals surface area (Å²) in [6.45, 7) is 0.158. The molecule has 0 saturated carbocycles. The summed E-state index contributed by atoms with van der Waals surface area (Å²) in [5, 5.41) is 2.78. The van der Waals surface area contributed by atoms with Crippen LogP contribution in [0.1, 0.15) is 5.56 Å². The van der Waals surface area contributed by atoms with Crippen molar-refractivity contribution in [1.82, 2.24) is 9.88 Å². The quantitative estimate of drug-likeness (QED) is 0.740. The summed E-state index contributed by atoms with van der Waals surface area (Å²) in [6.07, 6.45) is 0. The van der Waals surface area contributed by atoms with E-state index in [-0.39, 0.29) is 19.0 Å². The minimum absolute atomic E-state index is 0.117. The van der Waals surface area contributed by atoms with E-state index in [2.05, 4.69) is 5.32 Å². The highest BCUT2D eigenvalue weighted by molar-refractivity contribution is 5.79. The van der Waals surface area contributed by atoms with Crippen LogP contribution in [0.3, 0.4) is 0 Å². The number of rotatable bonds is 6. The van der Waals surface area contributed by atoms with Crippen molar-refractivity contribution in [2.75, 3.05) is 14.2 Å². The Morgan fingerprint density at radius 2 is 1.96 bits per heavy atom. The molecule has 7 nitrogen and oxygen atoms in total. The van der Waals surface area contributed by atoms with Crippen LogP contribution in [0.25, 0.3) is 11.1 Å². The number of fused-ring (bicyclic) bond motifs is 1. The van der Waals surface area contributed by atoms with Crippen LogP contribution in [0.4, 0.5) is 0 Å². The van der Waals surface area contributed by atoms with Gasteiger partial charge in [-0.3, -0.25) is 9.36 Å². The number of hydrogen-bond acceptors (Lipinski definition) is 5. The first-order valence-electron chi connectivity index (χ1n) is 7.68. The van der Waals surface area contributed by atoms with Gasteiger partial charge in [0.25, 0.3) is 0 Å². The van der Waals surface area contributed by atoms with Gasteiger partial charge in [0.05, 0.1) is 19.7 Å². The molecule has 0 fully saturated rings. The lowest BCUT2D eigenvalue weighted by atomic mass is 10.2. The van der Waals surface area contributed by atoms with Crippen LogP contribution in [0, 0.1) is 0 Å². The van der Waals surface area contributed by atoms with Gasteiger partial charge < -0.3 is 19.2 Å². The molecule has 130 valence electrons. The number of hydrogen-bond donors (Lipinski definition) is 1. The van der Waals surface area contributed by atoms with Crippen LogP contribution in [0.5, 0.6) is 11.5 Å². The molecule has 7 heteroatoms. The summed E-state index contributed by atoms with van der Waals surface area (Å²) < 4.78 is 16.9. The molecular weight excluding hydrogens is 324 g/mol. The van der Waals surface area contributed by atoms with Gasteiger partial charge in [-0.2, -0.15) is 0 Å². The number of carbonyl (C=O) groups is 1. The molecule has 2 aromatic carbocycles. The molecule has 0 bridgehead atoms. The Kier molecular flexibility index (Phi) is 4.74. The summed E-state index contributed by atoms with van der Waals surface area (Å²) in [4.78, 5) is 24.1. The fourth-order valence-corrected chi connectivity index (χ4v) is 2.55. The molecule has 0 aliphatic carbocycles. The zero-order valence-corrected chi connectivity index (χ0v) is 13.9. The van der Waals surface area contributed by atoms with E-state index < -0.39 is 5.76 Å². The van der Waals surface area contributed by atoms with E-state index in [9.17, 15) is 9.59 Å². The molecule has 3 aromatic rings. The summed E-state index contributed by atoms with van der Waals surface area (Å²) in [5.41, 5.74) is 1.85. The predicted octanol–water partition coefficient (Wildman–Crippen LogP) is 1.93. The number of oxazole rings is 1. The zero-order valence-electron chi connectivity index (χ0n) is 13.9. The first-order valence-corrected chi connectivity index (χ1v) is 7.68. The molecule has 0 radical (unpaired) electrons. The van der Waals surface area contributed by atoms with Gasteiger partial charge in [-0.25, -0.2) is 4.79 Å². The molecule has 1 amide bonds. The summed E-state index contributed by atoms with van der Waals surface area (Å²) >= 11 is 0. The molecule has 0 aliphatic rings. The van der Waals surface area contributed by atoms with Crippen molar-refractivity contribution in [3.05, 3.63) is 58.6 Å². The Morgan fingerprint density at radius 3 is 2.72 bits per heavy atom. The van der Waals surface area contributed by atoms with Crippen molar-refractivity contribution < 1.29 is 18.7 Å². The topological polar surface area (TPSA) is 82.7 Å². The molecule has 0 spiro atoms. The van der Waals surface area contributed by atoms with Crippen LogP contribution in [0.15, 0.2) is 51.7 Å². The minimum atomic E-state index is -0.557. The van der Waals surface area contributed by atoms with E-state index in [1.807, 2.05) is 6.07 Å². The van der Waals surface area contributed by atoms with Crippen LogP contribution in [-0.2, 0) is 17.9 Å². The van der Waals surface area contributed by atoms with Crippen LogP contribution in [-0.4, -0.2) is 24.7 Å². The van der Waals surface area contributed by atoms with Gasteiger partial charge in [0, 0.05) is 18.2 Å². The molecule has 1 N–H and O–H groups in total. The molecule has 25 heavy (non-hydrogen) atoms. The second-order valence-corrected chi connectivity index (χ2v) is 5.38. The largest absolute Gasteiger partial charge is 0.497 e.